The minimum atomic E-state index is -0.719. The van der Waals surface area contributed by atoms with Gasteiger partial charge in [0.25, 0.3) is 0 Å². The van der Waals surface area contributed by atoms with Crippen LogP contribution in [0.15, 0.2) is 0 Å². The monoisotopic (exact) mass is 270 g/mol. The molecule has 0 aromatic rings. The topological polar surface area (TPSA) is 52.6 Å². The van der Waals surface area contributed by atoms with Crippen LogP contribution in [0.4, 0.5) is 0 Å². The normalized spacial score (nSPS) is 21.8. The zero-order chi connectivity index (χ0) is 14.3. The zero-order valence-corrected chi connectivity index (χ0v) is 12.7. The molecule has 1 fully saturated rings. The molecule has 1 aliphatic rings. The Morgan fingerprint density at radius 3 is 2.74 bits per heavy atom. The SMILES string of the molecule is CCCNC(CCN1CCCC(C)(C)CC1)C(=O)O. The molecule has 0 radical (unpaired) electrons. The van der Waals surface area contributed by atoms with Crippen molar-refractivity contribution in [2.45, 2.75) is 58.9 Å². The molecule has 0 aromatic carbocycles. The number of nitrogens with zero attached hydrogens (tertiary/aromatic N) is 1. The van der Waals surface area contributed by atoms with Crippen molar-refractivity contribution in [3.63, 3.8) is 0 Å². The molecule has 1 saturated heterocycles. The van der Waals surface area contributed by atoms with Gasteiger partial charge in [-0.1, -0.05) is 20.8 Å². The minimum absolute atomic E-state index is 0.392. The maximum absolute atomic E-state index is 11.2. The Hall–Kier alpha value is -0.610. The molecule has 4 nitrogen and oxygen atoms in total. The average molecular weight is 270 g/mol. The van der Waals surface area contributed by atoms with Gasteiger partial charge in [0.15, 0.2) is 0 Å². The molecule has 1 unspecified atom stereocenters. The first-order chi connectivity index (χ1) is 8.94. The molecule has 1 atom stereocenters. The van der Waals surface area contributed by atoms with Crippen LogP contribution in [0.5, 0.6) is 0 Å². The molecular formula is C15H30N2O2. The molecular weight excluding hydrogens is 240 g/mol. The number of hydrogen-bond donors (Lipinski definition) is 2. The van der Waals surface area contributed by atoms with Gasteiger partial charge in [-0.25, -0.2) is 0 Å². The highest BCUT2D eigenvalue weighted by atomic mass is 16.4. The highest BCUT2D eigenvalue weighted by molar-refractivity contribution is 5.73. The summed E-state index contributed by atoms with van der Waals surface area (Å²) in [6.07, 6.45) is 5.40. The van der Waals surface area contributed by atoms with Gasteiger partial charge in [-0.05, 0) is 57.2 Å². The van der Waals surface area contributed by atoms with Crippen LogP contribution in [0.3, 0.4) is 0 Å². The van der Waals surface area contributed by atoms with Crippen molar-refractivity contribution in [1.82, 2.24) is 10.2 Å². The van der Waals surface area contributed by atoms with E-state index in [0.717, 1.165) is 32.6 Å². The van der Waals surface area contributed by atoms with Crippen LogP contribution in [0.1, 0.15) is 52.9 Å². The molecule has 4 heteroatoms. The molecule has 0 aliphatic carbocycles. The van der Waals surface area contributed by atoms with E-state index in [4.69, 9.17) is 0 Å². The van der Waals surface area contributed by atoms with Gasteiger partial charge in [-0.3, -0.25) is 4.79 Å². The summed E-state index contributed by atoms with van der Waals surface area (Å²) in [6.45, 7) is 10.6. The van der Waals surface area contributed by atoms with Crippen molar-refractivity contribution in [3.8, 4) is 0 Å². The van der Waals surface area contributed by atoms with Crippen molar-refractivity contribution in [1.29, 1.82) is 0 Å². The van der Waals surface area contributed by atoms with Crippen LogP contribution in [-0.4, -0.2) is 48.2 Å². The fraction of sp³-hybridized carbons (Fsp3) is 0.933. The van der Waals surface area contributed by atoms with E-state index in [-0.39, 0.29) is 0 Å². The van der Waals surface area contributed by atoms with E-state index in [1.54, 1.807) is 0 Å². The number of aliphatic carboxylic acids is 1. The molecule has 0 aromatic heterocycles. The third kappa shape index (κ3) is 6.39. The lowest BCUT2D eigenvalue weighted by molar-refractivity contribution is -0.139. The largest absolute Gasteiger partial charge is 0.480 e. The predicted molar refractivity (Wildman–Crippen MR) is 78.4 cm³/mol. The zero-order valence-electron chi connectivity index (χ0n) is 12.7. The Labute approximate surface area is 117 Å². The summed E-state index contributed by atoms with van der Waals surface area (Å²) in [5, 5.41) is 12.3. The summed E-state index contributed by atoms with van der Waals surface area (Å²) < 4.78 is 0. The summed E-state index contributed by atoms with van der Waals surface area (Å²) in [5.41, 5.74) is 0.446. The van der Waals surface area contributed by atoms with Gasteiger partial charge in [-0.2, -0.15) is 0 Å². The Kier molecular flexibility index (Phi) is 6.80. The van der Waals surface area contributed by atoms with Crippen molar-refractivity contribution in [3.05, 3.63) is 0 Å². The van der Waals surface area contributed by atoms with Gasteiger partial charge >= 0.3 is 5.97 Å². The lowest BCUT2D eigenvalue weighted by atomic mass is 9.85. The van der Waals surface area contributed by atoms with Gasteiger partial charge in [-0.15, -0.1) is 0 Å². The number of carboxylic acids is 1. The summed E-state index contributed by atoms with van der Waals surface area (Å²) >= 11 is 0. The highest BCUT2D eigenvalue weighted by Gasteiger charge is 2.24. The first kappa shape index (κ1) is 16.4. The minimum Gasteiger partial charge on any atom is -0.480 e. The molecule has 1 aliphatic heterocycles. The van der Waals surface area contributed by atoms with Crippen molar-refractivity contribution in [2.75, 3.05) is 26.2 Å². The van der Waals surface area contributed by atoms with Crippen LogP contribution < -0.4 is 5.32 Å². The maximum Gasteiger partial charge on any atom is 0.320 e. The molecule has 112 valence electrons. The second kappa shape index (κ2) is 7.85. The molecule has 2 N–H and O–H groups in total. The van der Waals surface area contributed by atoms with Gasteiger partial charge in [0.05, 0.1) is 0 Å². The third-order valence-electron chi connectivity index (χ3n) is 4.11. The maximum atomic E-state index is 11.2. The summed E-state index contributed by atoms with van der Waals surface area (Å²) in [5.74, 6) is -0.719. The quantitative estimate of drug-likeness (QED) is 0.745. The van der Waals surface area contributed by atoms with Crippen molar-refractivity contribution >= 4 is 5.97 Å². The van der Waals surface area contributed by atoms with Crippen LogP contribution in [0.2, 0.25) is 0 Å². The number of rotatable bonds is 7. The molecule has 0 bridgehead atoms. The number of hydrogen-bond acceptors (Lipinski definition) is 3. The molecule has 19 heavy (non-hydrogen) atoms. The van der Waals surface area contributed by atoms with Crippen LogP contribution in [-0.2, 0) is 4.79 Å². The first-order valence-electron chi connectivity index (χ1n) is 7.63. The Balaban J connectivity index is 2.35. The van der Waals surface area contributed by atoms with E-state index in [2.05, 4.69) is 31.0 Å². The second-order valence-corrected chi connectivity index (χ2v) is 6.49. The summed E-state index contributed by atoms with van der Waals surface area (Å²) in [4.78, 5) is 13.6. The van der Waals surface area contributed by atoms with Crippen LogP contribution in [0.25, 0.3) is 0 Å². The number of carbonyl (C=O) groups is 1. The molecule has 1 heterocycles. The van der Waals surface area contributed by atoms with Gasteiger partial charge in [0, 0.05) is 6.54 Å². The van der Waals surface area contributed by atoms with E-state index >= 15 is 0 Å². The lowest BCUT2D eigenvalue weighted by Gasteiger charge is -2.24. The number of nitrogens with one attached hydrogen (secondary N) is 1. The predicted octanol–water partition coefficient (Wildman–Crippen LogP) is 2.34. The average Bonchev–Trinajstić information content (AvgIpc) is 2.50. The Morgan fingerprint density at radius 1 is 1.37 bits per heavy atom. The molecule has 1 rings (SSSR count). The number of likely N-dealkylation sites (tertiary alicyclic amines) is 1. The fourth-order valence-corrected chi connectivity index (χ4v) is 2.65. The summed E-state index contributed by atoms with van der Waals surface area (Å²) in [7, 11) is 0. The standard InChI is InChI=1S/C15H30N2O2/c1-4-9-16-13(14(18)19)6-11-17-10-5-7-15(2,3)8-12-17/h13,16H,4-12H2,1-3H3,(H,18,19). The number of carboxylic acid groups (broad SMARTS) is 1. The van der Waals surface area contributed by atoms with Gasteiger partial charge < -0.3 is 15.3 Å². The van der Waals surface area contributed by atoms with E-state index < -0.39 is 12.0 Å². The fourth-order valence-electron chi connectivity index (χ4n) is 2.65. The van der Waals surface area contributed by atoms with Crippen molar-refractivity contribution < 1.29 is 9.90 Å². The smallest absolute Gasteiger partial charge is 0.320 e. The molecule has 0 amide bonds. The lowest BCUT2D eigenvalue weighted by Crippen LogP contribution is -2.40. The van der Waals surface area contributed by atoms with Crippen LogP contribution >= 0.6 is 0 Å². The highest BCUT2D eigenvalue weighted by Crippen LogP contribution is 2.29. The van der Waals surface area contributed by atoms with Gasteiger partial charge in [0.1, 0.15) is 6.04 Å². The third-order valence-corrected chi connectivity index (χ3v) is 4.11. The van der Waals surface area contributed by atoms with E-state index in [0.29, 0.717) is 11.8 Å². The van der Waals surface area contributed by atoms with Crippen LogP contribution in [0, 0.1) is 5.41 Å². The summed E-state index contributed by atoms with van der Waals surface area (Å²) in [6, 6.07) is -0.392. The molecule has 0 spiro atoms. The second-order valence-electron chi connectivity index (χ2n) is 6.49. The van der Waals surface area contributed by atoms with E-state index in [1.807, 2.05) is 0 Å². The van der Waals surface area contributed by atoms with E-state index in [1.165, 1.54) is 19.3 Å². The molecule has 0 saturated carbocycles. The Morgan fingerprint density at radius 2 is 2.11 bits per heavy atom. The van der Waals surface area contributed by atoms with Gasteiger partial charge in [0.2, 0.25) is 0 Å². The van der Waals surface area contributed by atoms with Crippen molar-refractivity contribution in [2.24, 2.45) is 5.41 Å². The van der Waals surface area contributed by atoms with E-state index in [9.17, 15) is 9.90 Å². The first-order valence-corrected chi connectivity index (χ1v) is 7.63. The Bertz CT molecular complexity index is 279.